The topological polar surface area (TPSA) is 44.8 Å². The van der Waals surface area contributed by atoms with E-state index in [1.165, 1.54) is 5.56 Å². The molecule has 21 heavy (non-hydrogen) atoms. The SMILES string of the molecule is Cc1n[nH]c(C)c1CCCN(C)Cc1ncc(F)cc1F. The Morgan fingerprint density at radius 2 is 2.05 bits per heavy atom. The third-order valence-electron chi connectivity index (χ3n) is 3.55. The Balaban J connectivity index is 1.83. The number of rotatable bonds is 6. The number of hydrogen-bond acceptors (Lipinski definition) is 3. The van der Waals surface area contributed by atoms with Crippen LogP contribution in [0.2, 0.25) is 0 Å². The van der Waals surface area contributed by atoms with Crippen molar-refractivity contribution in [1.29, 1.82) is 0 Å². The molecule has 0 atom stereocenters. The Morgan fingerprint density at radius 3 is 2.67 bits per heavy atom. The molecule has 0 aliphatic rings. The maximum absolute atomic E-state index is 13.5. The van der Waals surface area contributed by atoms with Crippen LogP contribution in [-0.4, -0.2) is 33.7 Å². The molecule has 0 amide bonds. The molecule has 0 radical (unpaired) electrons. The van der Waals surface area contributed by atoms with Crippen molar-refractivity contribution in [3.63, 3.8) is 0 Å². The van der Waals surface area contributed by atoms with E-state index in [1.807, 2.05) is 25.8 Å². The maximum Gasteiger partial charge on any atom is 0.148 e. The van der Waals surface area contributed by atoms with E-state index in [4.69, 9.17) is 0 Å². The summed E-state index contributed by atoms with van der Waals surface area (Å²) in [5.41, 5.74) is 3.65. The van der Waals surface area contributed by atoms with Gasteiger partial charge in [-0.2, -0.15) is 5.10 Å². The van der Waals surface area contributed by atoms with Gasteiger partial charge in [0.2, 0.25) is 0 Å². The quantitative estimate of drug-likeness (QED) is 0.891. The molecule has 2 rings (SSSR count). The lowest BCUT2D eigenvalue weighted by Gasteiger charge is -2.16. The lowest BCUT2D eigenvalue weighted by molar-refractivity contribution is 0.311. The summed E-state index contributed by atoms with van der Waals surface area (Å²) in [6.07, 6.45) is 2.92. The molecule has 0 saturated carbocycles. The number of nitrogens with one attached hydrogen (secondary N) is 1. The normalized spacial score (nSPS) is 11.3. The summed E-state index contributed by atoms with van der Waals surface area (Å²) < 4.78 is 26.3. The summed E-state index contributed by atoms with van der Waals surface area (Å²) in [7, 11) is 1.90. The second-order valence-electron chi connectivity index (χ2n) is 5.34. The minimum Gasteiger partial charge on any atom is -0.300 e. The molecule has 2 aromatic heterocycles. The van der Waals surface area contributed by atoms with Crippen molar-refractivity contribution in [2.24, 2.45) is 0 Å². The Morgan fingerprint density at radius 1 is 1.29 bits per heavy atom. The summed E-state index contributed by atoms with van der Waals surface area (Å²) in [4.78, 5) is 5.78. The molecule has 6 heteroatoms. The number of nitrogens with zero attached hydrogens (tertiary/aromatic N) is 3. The summed E-state index contributed by atoms with van der Waals surface area (Å²) >= 11 is 0. The zero-order valence-electron chi connectivity index (χ0n) is 12.6. The zero-order chi connectivity index (χ0) is 15.4. The lowest BCUT2D eigenvalue weighted by atomic mass is 10.1. The Hall–Kier alpha value is -1.82. The highest BCUT2D eigenvalue weighted by molar-refractivity contribution is 5.23. The molecule has 2 heterocycles. The monoisotopic (exact) mass is 294 g/mol. The lowest BCUT2D eigenvalue weighted by Crippen LogP contribution is -2.21. The summed E-state index contributed by atoms with van der Waals surface area (Å²) in [6.45, 7) is 5.18. The van der Waals surface area contributed by atoms with E-state index >= 15 is 0 Å². The standard InChI is InChI=1S/C15H20F2N4/c1-10-13(11(2)20-19-10)5-4-6-21(3)9-15-14(17)7-12(16)8-18-15/h7-8H,4-6,9H2,1-3H3,(H,19,20). The highest BCUT2D eigenvalue weighted by Crippen LogP contribution is 2.13. The van der Waals surface area contributed by atoms with Gasteiger partial charge in [-0.1, -0.05) is 0 Å². The van der Waals surface area contributed by atoms with E-state index in [0.717, 1.165) is 43.0 Å². The van der Waals surface area contributed by atoms with Crippen LogP contribution >= 0.6 is 0 Å². The fourth-order valence-corrected chi connectivity index (χ4v) is 2.36. The number of halogens is 2. The van der Waals surface area contributed by atoms with Gasteiger partial charge in [0.25, 0.3) is 0 Å². The highest BCUT2D eigenvalue weighted by Gasteiger charge is 2.10. The van der Waals surface area contributed by atoms with E-state index in [2.05, 4.69) is 15.2 Å². The second kappa shape index (κ2) is 6.76. The zero-order valence-corrected chi connectivity index (χ0v) is 12.6. The van der Waals surface area contributed by atoms with Crippen molar-refractivity contribution < 1.29 is 8.78 Å². The van der Waals surface area contributed by atoms with E-state index < -0.39 is 11.6 Å². The van der Waals surface area contributed by atoms with Gasteiger partial charge in [0.1, 0.15) is 11.6 Å². The molecule has 1 N–H and O–H groups in total. The van der Waals surface area contributed by atoms with Gasteiger partial charge in [-0.05, 0) is 45.8 Å². The second-order valence-corrected chi connectivity index (χ2v) is 5.34. The fraction of sp³-hybridized carbons (Fsp3) is 0.467. The van der Waals surface area contributed by atoms with Crippen molar-refractivity contribution in [3.05, 3.63) is 46.5 Å². The van der Waals surface area contributed by atoms with Gasteiger partial charge >= 0.3 is 0 Å². The fourth-order valence-electron chi connectivity index (χ4n) is 2.36. The van der Waals surface area contributed by atoms with Crippen LogP contribution in [0.1, 0.15) is 29.1 Å². The molecule has 114 valence electrons. The largest absolute Gasteiger partial charge is 0.300 e. The summed E-state index contributed by atoms with van der Waals surface area (Å²) in [5.74, 6) is -1.24. The molecule has 0 fully saturated rings. The first-order chi connectivity index (χ1) is 9.97. The van der Waals surface area contributed by atoms with Gasteiger partial charge in [-0.15, -0.1) is 0 Å². The molecule has 0 aliphatic carbocycles. The molecular formula is C15H20F2N4. The maximum atomic E-state index is 13.5. The van der Waals surface area contributed by atoms with Gasteiger partial charge in [-0.25, -0.2) is 8.78 Å². The van der Waals surface area contributed by atoms with Gasteiger partial charge in [0, 0.05) is 18.3 Å². The van der Waals surface area contributed by atoms with E-state index in [-0.39, 0.29) is 5.69 Å². The minimum atomic E-state index is -0.648. The first-order valence-corrected chi connectivity index (χ1v) is 6.96. The van der Waals surface area contributed by atoms with Crippen molar-refractivity contribution >= 4 is 0 Å². The highest BCUT2D eigenvalue weighted by atomic mass is 19.1. The molecular weight excluding hydrogens is 274 g/mol. The Kier molecular flexibility index (Phi) is 5.01. The number of aryl methyl sites for hydroxylation is 2. The van der Waals surface area contributed by atoms with Crippen molar-refractivity contribution in [3.8, 4) is 0 Å². The van der Waals surface area contributed by atoms with Crippen LogP contribution in [0.4, 0.5) is 8.78 Å². The van der Waals surface area contributed by atoms with E-state index in [9.17, 15) is 8.78 Å². The number of aromatic nitrogens is 3. The number of hydrogen-bond donors (Lipinski definition) is 1. The van der Waals surface area contributed by atoms with Crippen LogP contribution < -0.4 is 0 Å². The molecule has 0 spiro atoms. The van der Waals surface area contributed by atoms with Crippen molar-refractivity contribution in [1.82, 2.24) is 20.1 Å². The number of pyridine rings is 1. The molecule has 2 aromatic rings. The average molecular weight is 294 g/mol. The van der Waals surface area contributed by atoms with Crippen LogP contribution in [-0.2, 0) is 13.0 Å². The minimum absolute atomic E-state index is 0.273. The Labute approximate surface area is 123 Å². The average Bonchev–Trinajstić information content (AvgIpc) is 2.74. The van der Waals surface area contributed by atoms with Gasteiger partial charge in [0.05, 0.1) is 17.6 Å². The molecule has 0 saturated heterocycles. The molecule has 4 nitrogen and oxygen atoms in total. The predicted molar refractivity (Wildman–Crippen MR) is 76.9 cm³/mol. The number of H-pyrrole nitrogens is 1. The summed E-state index contributed by atoms with van der Waals surface area (Å²) in [6, 6.07) is 0.869. The molecule has 0 aromatic carbocycles. The molecule has 0 aliphatic heterocycles. The third kappa shape index (κ3) is 4.07. The predicted octanol–water partition coefficient (Wildman–Crippen LogP) is 2.76. The van der Waals surface area contributed by atoms with Crippen LogP contribution in [0, 0.1) is 25.5 Å². The van der Waals surface area contributed by atoms with Crippen molar-refractivity contribution in [2.45, 2.75) is 33.2 Å². The summed E-state index contributed by atoms with van der Waals surface area (Å²) in [5, 5.41) is 7.14. The Bertz CT molecular complexity index is 590. The van der Waals surface area contributed by atoms with Gasteiger partial charge < -0.3 is 4.90 Å². The van der Waals surface area contributed by atoms with Crippen LogP contribution in [0.15, 0.2) is 12.3 Å². The van der Waals surface area contributed by atoms with Gasteiger partial charge in [-0.3, -0.25) is 10.1 Å². The van der Waals surface area contributed by atoms with Crippen LogP contribution in [0.25, 0.3) is 0 Å². The third-order valence-corrected chi connectivity index (χ3v) is 3.55. The van der Waals surface area contributed by atoms with E-state index in [0.29, 0.717) is 6.54 Å². The van der Waals surface area contributed by atoms with Crippen LogP contribution in [0.3, 0.4) is 0 Å². The molecule has 0 bridgehead atoms. The number of aromatic amines is 1. The smallest absolute Gasteiger partial charge is 0.148 e. The first kappa shape index (κ1) is 15.6. The van der Waals surface area contributed by atoms with Crippen molar-refractivity contribution in [2.75, 3.05) is 13.6 Å². The first-order valence-electron chi connectivity index (χ1n) is 6.96. The van der Waals surface area contributed by atoms with Crippen LogP contribution in [0.5, 0.6) is 0 Å². The van der Waals surface area contributed by atoms with Gasteiger partial charge in [0.15, 0.2) is 0 Å². The molecule has 0 unspecified atom stereocenters. The van der Waals surface area contributed by atoms with E-state index in [1.54, 1.807) is 0 Å².